The maximum absolute atomic E-state index is 12.8. The van der Waals surface area contributed by atoms with E-state index in [9.17, 15) is 14.4 Å². The van der Waals surface area contributed by atoms with E-state index in [0.717, 1.165) is 122 Å². The maximum atomic E-state index is 12.8. The Labute approximate surface area is 476 Å². The lowest BCUT2D eigenvalue weighted by molar-refractivity contribution is -0.167. The molecule has 0 amide bonds. The van der Waals surface area contributed by atoms with Crippen molar-refractivity contribution < 1.29 is 28.6 Å². The van der Waals surface area contributed by atoms with E-state index in [1.54, 1.807) is 0 Å². The molecule has 440 valence electrons. The fourth-order valence-corrected chi connectivity index (χ4v) is 8.92. The summed E-state index contributed by atoms with van der Waals surface area (Å²) in [5, 5.41) is 0. The third-order valence-corrected chi connectivity index (χ3v) is 13.8. The second kappa shape index (κ2) is 64.6. The van der Waals surface area contributed by atoms with E-state index >= 15 is 0 Å². The van der Waals surface area contributed by atoms with Crippen molar-refractivity contribution in [1.82, 2.24) is 0 Å². The van der Waals surface area contributed by atoms with Gasteiger partial charge in [-0.15, -0.1) is 0 Å². The lowest BCUT2D eigenvalue weighted by Crippen LogP contribution is -2.30. The summed E-state index contributed by atoms with van der Waals surface area (Å²) < 4.78 is 16.8. The molecular formula is C71H120O6. The molecule has 0 saturated carbocycles. The fraction of sp³-hybridized carbons (Fsp3) is 0.704. The predicted molar refractivity (Wildman–Crippen MR) is 334 cm³/mol. The second-order valence-corrected chi connectivity index (χ2v) is 21.3. The zero-order valence-corrected chi connectivity index (χ0v) is 50.4. The lowest BCUT2D eigenvalue weighted by atomic mass is 10.1. The number of allylic oxidation sites excluding steroid dienone is 18. The van der Waals surface area contributed by atoms with Gasteiger partial charge >= 0.3 is 17.9 Å². The van der Waals surface area contributed by atoms with Crippen molar-refractivity contribution in [2.45, 2.75) is 309 Å². The van der Waals surface area contributed by atoms with E-state index in [4.69, 9.17) is 14.2 Å². The molecule has 6 nitrogen and oxygen atoms in total. The first-order chi connectivity index (χ1) is 38.0. The number of hydrogen-bond donors (Lipinski definition) is 0. The molecule has 0 aliphatic heterocycles. The molecule has 0 aliphatic carbocycles. The summed E-state index contributed by atoms with van der Waals surface area (Å²) in [5.74, 6) is -0.899. The quantitative estimate of drug-likeness (QED) is 0.0261. The molecule has 0 N–H and O–H groups in total. The van der Waals surface area contributed by atoms with Crippen LogP contribution < -0.4 is 0 Å². The molecule has 0 heterocycles. The van der Waals surface area contributed by atoms with Crippen LogP contribution in [0.1, 0.15) is 303 Å². The molecule has 0 rings (SSSR count). The second-order valence-electron chi connectivity index (χ2n) is 21.3. The average molecular weight is 1070 g/mol. The Morgan fingerprint density at radius 1 is 0.273 bits per heavy atom. The summed E-state index contributed by atoms with van der Waals surface area (Å²) in [5.41, 5.74) is 0. The van der Waals surface area contributed by atoms with Crippen LogP contribution >= 0.6 is 0 Å². The summed E-state index contributed by atoms with van der Waals surface area (Å²) in [4.78, 5) is 37.9. The van der Waals surface area contributed by atoms with Crippen LogP contribution in [0, 0.1) is 0 Å². The lowest BCUT2D eigenvalue weighted by Gasteiger charge is -2.18. The third kappa shape index (κ3) is 62.8. The molecule has 0 saturated heterocycles. The average Bonchev–Trinajstić information content (AvgIpc) is 3.43. The Hall–Kier alpha value is -3.93. The first kappa shape index (κ1) is 73.1. The van der Waals surface area contributed by atoms with Crippen LogP contribution in [0.4, 0.5) is 0 Å². The van der Waals surface area contributed by atoms with Crippen molar-refractivity contribution in [2.75, 3.05) is 13.2 Å². The van der Waals surface area contributed by atoms with Gasteiger partial charge < -0.3 is 14.2 Å². The van der Waals surface area contributed by atoms with Gasteiger partial charge in [-0.05, 0) is 109 Å². The first-order valence-corrected chi connectivity index (χ1v) is 32.4. The molecule has 1 atom stereocenters. The van der Waals surface area contributed by atoms with Gasteiger partial charge in [-0.3, -0.25) is 14.4 Å². The topological polar surface area (TPSA) is 78.9 Å². The molecule has 0 spiro atoms. The standard InChI is InChI=1S/C71H120O6/c1-4-7-10-13-15-17-19-21-23-25-27-29-30-31-32-33-34-35-36-37-38-39-40-42-43-45-47-49-51-53-55-58-61-64-70(73)76-67-68(66-75-69(72)63-60-57-12-9-6-3)77-71(74)65-62-59-56-54-52-50-48-46-44-41-28-26-24-22-20-18-16-14-11-8-5-2/h7,10,15,17,21,23,26-29,31-32,34-35,37-38,40,42,68H,4-6,8-9,11-14,16,18-20,22,24-25,30,33,36,39,41,43-67H2,1-3H3/b10-7-,17-15-,23-21-,28-26-,29-27-,32-31-,35-34-,38-37-,42-40-. The zero-order valence-electron chi connectivity index (χ0n) is 50.4. The fourth-order valence-electron chi connectivity index (χ4n) is 8.92. The van der Waals surface area contributed by atoms with Crippen LogP contribution in [0.5, 0.6) is 0 Å². The van der Waals surface area contributed by atoms with Crippen LogP contribution in [0.25, 0.3) is 0 Å². The summed E-state index contributed by atoms with van der Waals surface area (Å²) >= 11 is 0. The molecule has 0 aromatic rings. The number of unbranched alkanes of at least 4 members (excludes halogenated alkanes) is 29. The SMILES string of the molecule is CC/C=C\C/C=C\C/C=C\C/C=C\C/C=C\C/C=C\C/C=C\C/C=C\CCCCCCCCCCC(=O)OCC(COC(=O)CCCCCCC)OC(=O)CCCCCCCCCCC/C=C\CCCCCCCCCC. The van der Waals surface area contributed by atoms with Crippen molar-refractivity contribution in [2.24, 2.45) is 0 Å². The molecule has 77 heavy (non-hydrogen) atoms. The number of rotatable bonds is 58. The number of ether oxygens (including phenoxy) is 3. The number of esters is 3. The summed E-state index contributed by atoms with van der Waals surface area (Å²) in [7, 11) is 0. The van der Waals surface area contributed by atoms with Gasteiger partial charge in [0.15, 0.2) is 6.10 Å². The van der Waals surface area contributed by atoms with Crippen LogP contribution in [0.15, 0.2) is 109 Å². The van der Waals surface area contributed by atoms with Gasteiger partial charge in [0.25, 0.3) is 0 Å². The molecule has 6 heteroatoms. The minimum Gasteiger partial charge on any atom is -0.462 e. The van der Waals surface area contributed by atoms with Crippen molar-refractivity contribution in [1.29, 1.82) is 0 Å². The van der Waals surface area contributed by atoms with Crippen molar-refractivity contribution in [3.05, 3.63) is 109 Å². The third-order valence-electron chi connectivity index (χ3n) is 13.8. The molecule has 0 aromatic carbocycles. The molecule has 0 fully saturated rings. The van der Waals surface area contributed by atoms with Gasteiger partial charge in [-0.25, -0.2) is 0 Å². The molecule has 0 aliphatic rings. The van der Waals surface area contributed by atoms with E-state index in [-0.39, 0.29) is 31.1 Å². The Morgan fingerprint density at radius 2 is 0.506 bits per heavy atom. The highest BCUT2D eigenvalue weighted by molar-refractivity contribution is 5.71. The van der Waals surface area contributed by atoms with E-state index in [0.29, 0.717) is 19.3 Å². The van der Waals surface area contributed by atoms with E-state index in [2.05, 4.69) is 130 Å². The summed E-state index contributed by atoms with van der Waals surface area (Å²) in [6.45, 7) is 6.45. The Morgan fingerprint density at radius 3 is 0.805 bits per heavy atom. The first-order valence-electron chi connectivity index (χ1n) is 32.4. The summed E-state index contributed by atoms with van der Waals surface area (Å²) in [6, 6.07) is 0. The zero-order chi connectivity index (χ0) is 55.7. The highest BCUT2D eigenvalue weighted by atomic mass is 16.6. The Balaban J connectivity index is 4.07. The van der Waals surface area contributed by atoms with Crippen molar-refractivity contribution in [3.8, 4) is 0 Å². The molecular weight excluding hydrogens is 949 g/mol. The van der Waals surface area contributed by atoms with Crippen LogP contribution in [0.2, 0.25) is 0 Å². The molecule has 0 radical (unpaired) electrons. The number of carbonyl (C=O) groups excluding carboxylic acids is 3. The Bertz CT molecular complexity index is 1560. The largest absolute Gasteiger partial charge is 0.462 e. The van der Waals surface area contributed by atoms with Crippen LogP contribution in [0.3, 0.4) is 0 Å². The van der Waals surface area contributed by atoms with Gasteiger partial charge in [-0.2, -0.15) is 0 Å². The van der Waals surface area contributed by atoms with Gasteiger partial charge in [0.2, 0.25) is 0 Å². The van der Waals surface area contributed by atoms with Gasteiger partial charge in [0.1, 0.15) is 13.2 Å². The van der Waals surface area contributed by atoms with Gasteiger partial charge in [0, 0.05) is 19.3 Å². The highest BCUT2D eigenvalue weighted by Gasteiger charge is 2.19. The van der Waals surface area contributed by atoms with Crippen LogP contribution in [-0.2, 0) is 28.6 Å². The number of hydrogen-bond acceptors (Lipinski definition) is 6. The molecule has 1 unspecified atom stereocenters. The summed E-state index contributed by atoms with van der Waals surface area (Å²) in [6.07, 6.45) is 88.6. The maximum Gasteiger partial charge on any atom is 0.306 e. The van der Waals surface area contributed by atoms with E-state index in [1.807, 2.05) is 0 Å². The minimum atomic E-state index is -0.780. The van der Waals surface area contributed by atoms with E-state index in [1.165, 1.54) is 141 Å². The smallest absolute Gasteiger partial charge is 0.306 e. The van der Waals surface area contributed by atoms with Gasteiger partial charge in [0.05, 0.1) is 0 Å². The predicted octanol–water partition coefficient (Wildman–Crippen LogP) is 22.2. The Kier molecular flexibility index (Phi) is 61.3. The number of carbonyl (C=O) groups is 3. The minimum absolute atomic E-state index is 0.0810. The van der Waals surface area contributed by atoms with Crippen molar-refractivity contribution in [3.63, 3.8) is 0 Å². The molecule has 0 bridgehead atoms. The normalized spacial score (nSPS) is 12.8. The van der Waals surface area contributed by atoms with E-state index < -0.39 is 6.10 Å². The highest BCUT2D eigenvalue weighted by Crippen LogP contribution is 2.16. The van der Waals surface area contributed by atoms with Crippen molar-refractivity contribution >= 4 is 17.9 Å². The monoisotopic (exact) mass is 1070 g/mol. The molecule has 0 aromatic heterocycles. The van der Waals surface area contributed by atoms with Gasteiger partial charge in [-0.1, -0.05) is 284 Å². The van der Waals surface area contributed by atoms with Crippen LogP contribution in [-0.4, -0.2) is 37.2 Å².